The van der Waals surface area contributed by atoms with Crippen molar-refractivity contribution in [3.8, 4) is 5.75 Å². The number of hydrogen-bond acceptors (Lipinski definition) is 3. The van der Waals surface area contributed by atoms with Gasteiger partial charge in [-0.1, -0.05) is 30.3 Å². The van der Waals surface area contributed by atoms with Gasteiger partial charge in [0.2, 0.25) is 0 Å². The fraction of sp³-hybridized carbons (Fsp3) is 0.353. The van der Waals surface area contributed by atoms with Crippen molar-refractivity contribution in [2.75, 3.05) is 0 Å². The van der Waals surface area contributed by atoms with Crippen LogP contribution >= 0.6 is 0 Å². The molecule has 104 valence electrons. The molecule has 2 N–H and O–H groups in total. The number of nitrogens with one attached hydrogen (secondary N) is 1. The summed E-state index contributed by atoms with van der Waals surface area (Å²) in [5.41, 5.74) is 2.98. The molecule has 3 heteroatoms. The number of aromatic hydroxyl groups is 1. The molecule has 1 unspecified atom stereocenters. The minimum absolute atomic E-state index is 0.269. The zero-order valence-corrected chi connectivity index (χ0v) is 11.7. The zero-order chi connectivity index (χ0) is 13.9. The molecule has 2 aromatic rings. The van der Waals surface area contributed by atoms with E-state index in [2.05, 4.69) is 34.6 Å². The van der Waals surface area contributed by atoms with Crippen LogP contribution in [0.1, 0.15) is 35.8 Å². The second-order valence-electron chi connectivity index (χ2n) is 5.53. The average Bonchev–Trinajstić information content (AvgIpc) is 3.29. The number of hydrogen-bond donors (Lipinski definition) is 2. The molecule has 0 amide bonds. The van der Waals surface area contributed by atoms with Crippen molar-refractivity contribution in [1.82, 2.24) is 10.3 Å². The number of rotatable bonds is 5. The van der Waals surface area contributed by atoms with Gasteiger partial charge in [0, 0.05) is 18.3 Å². The fourth-order valence-corrected chi connectivity index (χ4v) is 2.59. The monoisotopic (exact) mass is 268 g/mol. The third kappa shape index (κ3) is 2.99. The van der Waals surface area contributed by atoms with Crippen LogP contribution in [0.25, 0.3) is 0 Å². The summed E-state index contributed by atoms with van der Waals surface area (Å²) in [6.45, 7) is 2.54. The Labute approximate surface area is 119 Å². The quantitative estimate of drug-likeness (QED) is 0.874. The lowest BCUT2D eigenvalue weighted by atomic mass is 10.0. The predicted octanol–water partition coefficient (Wildman–Crippen LogP) is 3.34. The van der Waals surface area contributed by atoms with Gasteiger partial charge >= 0.3 is 0 Å². The van der Waals surface area contributed by atoms with Gasteiger partial charge in [0.25, 0.3) is 0 Å². The molecule has 1 heterocycles. The van der Waals surface area contributed by atoms with Crippen LogP contribution in [0.2, 0.25) is 0 Å². The van der Waals surface area contributed by atoms with Gasteiger partial charge in [-0.15, -0.1) is 0 Å². The van der Waals surface area contributed by atoms with Gasteiger partial charge in [-0.3, -0.25) is 4.98 Å². The van der Waals surface area contributed by atoms with Crippen molar-refractivity contribution in [1.29, 1.82) is 0 Å². The minimum atomic E-state index is 0.269. The lowest BCUT2D eigenvalue weighted by molar-refractivity contribution is 0.439. The van der Waals surface area contributed by atoms with Crippen LogP contribution in [0.5, 0.6) is 5.75 Å². The Morgan fingerprint density at radius 1 is 1.20 bits per heavy atom. The van der Waals surface area contributed by atoms with E-state index in [1.165, 1.54) is 18.4 Å². The molecule has 0 bridgehead atoms. The molecule has 20 heavy (non-hydrogen) atoms. The van der Waals surface area contributed by atoms with Crippen molar-refractivity contribution in [2.45, 2.75) is 32.4 Å². The first-order valence-electron chi connectivity index (χ1n) is 7.18. The first-order valence-corrected chi connectivity index (χ1v) is 7.18. The van der Waals surface area contributed by atoms with Crippen LogP contribution < -0.4 is 5.32 Å². The first kappa shape index (κ1) is 13.1. The van der Waals surface area contributed by atoms with E-state index in [1.54, 1.807) is 6.07 Å². The van der Waals surface area contributed by atoms with Crippen molar-refractivity contribution in [3.05, 3.63) is 59.4 Å². The van der Waals surface area contributed by atoms with E-state index < -0.39 is 0 Å². The topological polar surface area (TPSA) is 45.1 Å². The fourth-order valence-electron chi connectivity index (χ4n) is 2.59. The highest BCUT2D eigenvalue weighted by Crippen LogP contribution is 2.41. The lowest BCUT2D eigenvalue weighted by Gasteiger charge is -2.19. The van der Waals surface area contributed by atoms with Gasteiger partial charge in [0.1, 0.15) is 5.75 Å². The number of benzene rings is 1. The molecule has 0 radical (unpaired) electrons. The maximum Gasteiger partial charge on any atom is 0.138 e. The predicted molar refractivity (Wildman–Crippen MR) is 79.4 cm³/mol. The van der Waals surface area contributed by atoms with Crippen LogP contribution in [0, 0.1) is 12.8 Å². The van der Waals surface area contributed by atoms with Crippen molar-refractivity contribution >= 4 is 0 Å². The van der Waals surface area contributed by atoms with E-state index >= 15 is 0 Å². The summed E-state index contributed by atoms with van der Waals surface area (Å²) in [5.74, 6) is 0.982. The van der Waals surface area contributed by atoms with Crippen molar-refractivity contribution < 1.29 is 5.11 Å². The summed E-state index contributed by atoms with van der Waals surface area (Å²) in [6.07, 6.45) is 2.56. The summed E-state index contributed by atoms with van der Waals surface area (Å²) >= 11 is 0. The number of pyridine rings is 1. The maximum atomic E-state index is 9.87. The smallest absolute Gasteiger partial charge is 0.138 e. The van der Waals surface area contributed by atoms with E-state index in [0.29, 0.717) is 18.5 Å². The van der Waals surface area contributed by atoms with Gasteiger partial charge < -0.3 is 10.4 Å². The Morgan fingerprint density at radius 2 is 1.95 bits per heavy atom. The molecule has 1 fully saturated rings. The van der Waals surface area contributed by atoms with E-state index in [4.69, 9.17) is 0 Å². The van der Waals surface area contributed by atoms with Crippen molar-refractivity contribution in [2.24, 2.45) is 5.92 Å². The Balaban J connectivity index is 1.73. The molecule has 0 spiro atoms. The van der Waals surface area contributed by atoms with Crippen LogP contribution in [0.3, 0.4) is 0 Å². The first-order chi connectivity index (χ1) is 9.74. The standard InChI is InChI=1S/C17H20N2O/c1-12-7-10-16(20)15(19-12)11-18-17(14-8-9-14)13-5-3-2-4-6-13/h2-7,10,14,17-18,20H,8-9,11H2,1H3. The molecule has 1 aliphatic rings. The van der Waals surface area contributed by atoms with Gasteiger partial charge in [-0.05, 0) is 43.4 Å². The molecule has 1 aromatic carbocycles. The summed E-state index contributed by atoms with van der Waals surface area (Å²) in [6, 6.07) is 14.4. The molecular weight excluding hydrogens is 248 g/mol. The number of aryl methyl sites for hydroxylation is 1. The van der Waals surface area contributed by atoms with Crippen LogP contribution in [-0.4, -0.2) is 10.1 Å². The highest BCUT2D eigenvalue weighted by molar-refractivity contribution is 5.28. The maximum absolute atomic E-state index is 9.87. The molecule has 3 nitrogen and oxygen atoms in total. The van der Waals surface area contributed by atoms with Gasteiger partial charge in [0.15, 0.2) is 0 Å². The Kier molecular flexibility index (Phi) is 3.70. The molecule has 3 rings (SSSR count). The molecule has 1 saturated carbocycles. The Morgan fingerprint density at radius 3 is 2.65 bits per heavy atom. The van der Waals surface area contributed by atoms with Gasteiger partial charge in [-0.25, -0.2) is 0 Å². The molecule has 1 aromatic heterocycles. The van der Waals surface area contributed by atoms with E-state index in [0.717, 1.165) is 11.4 Å². The SMILES string of the molecule is Cc1ccc(O)c(CNC(c2ccccc2)C2CC2)n1. The third-order valence-electron chi connectivity index (χ3n) is 3.83. The normalized spacial score (nSPS) is 16.1. The minimum Gasteiger partial charge on any atom is -0.506 e. The van der Waals surface area contributed by atoms with Crippen molar-refractivity contribution in [3.63, 3.8) is 0 Å². The Hall–Kier alpha value is -1.87. The second-order valence-corrected chi connectivity index (χ2v) is 5.53. The van der Waals surface area contributed by atoms with Crippen LogP contribution in [-0.2, 0) is 6.54 Å². The molecule has 1 aliphatic carbocycles. The number of nitrogens with zero attached hydrogens (tertiary/aromatic N) is 1. The number of aromatic nitrogens is 1. The summed E-state index contributed by atoms with van der Waals surface area (Å²) in [5, 5.41) is 13.4. The summed E-state index contributed by atoms with van der Waals surface area (Å²) in [7, 11) is 0. The molecular formula is C17H20N2O. The second kappa shape index (κ2) is 5.63. The molecule has 0 saturated heterocycles. The highest BCUT2D eigenvalue weighted by atomic mass is 16.3. The summed E-state index contributed by atoms with van der Waals surface area (Å²) in [4.78, 5) is 4.41. The van der Waals surface area contributed by atoms with Gasteiger partial charge in [0.05, 0.1) is 5.69 Å². The zero-order valence-electron chi connectivity index (χ0n) is 11.7. The van der Waals surface area contributed by atoms with Gasteiger partial charge in [-0.2, -0.15) is 0 Å². The average molecular weight is 268 g/mol. The van der Waals surface area contributed by atoms with E-state index in [9.17, 15) is 5.11 Å². The largest absolute Gasteiger partial charge is 0.506 e. The van der Waals surface area contributed by atoms with E-state index in [1.807, 2.05) is 19.1 Å². The lowest BCUT2D eigenvalue weighted by Crippen LogP contribution is -2.23. The van der Waals surface area contributed by atoms with E-state index in [-0.39, 0.29) is 5.75 Å². The molecule has 0 aliphatic heterocycles. The highest BCUT2D eigenvalue weighted by Gasteiger charge is 2.31. The Bertz CT molecular complexity index is 579. The van der Waals surface area contributed by atoms with Crippen LogP contribution in [0.4, 0.5) is 0 Å². The molecule has 1 atom stereocenters. The third-order valence-corrected chi connectivity index (χ3v) is 3.83. The van der Waals surface area contributed by atoms with Crippen LogP contribution in [0.15, 0.2) is 42.5 Å². The summed E-state index contributed by atoms with van der Waals surface area (Å²) < 4.78 is 0.